The molecule has 0 radical (unpaired) electrons. The molecule has 0 atom stereocenters. The van der Waals surface area contributed by atoms with Gasteiger partial charge in [0.1, 0.15) is 22.7 Å². The van der Waals surface area contributed by atoms with Gasteiger partial charge in [-0.15, -0.1) is 0 Å². The van der Waals surface area contributed by atoms with Crippen LogP contribution in [0.3, 0.4) is 0 Å². The fourth-order valence-corrected chi connectivity index (χ4v) is 7.19. The molecule has 0 unspecified atom stereocenters. The van der Waals surface area contributed by atoms with Crippen LogP contribution in [-0.4, -0.2) is 0 Å². The van der Waals surface area contributed by atoms with Gasteiger partial charge in [0.25, 0.3) is 0 Å². The molecule has 0 saturated heterocycles. The van der Waals surface area contributed by atoms with Crippen LogP contribution in [0.4, 0.5) is 0 Å². The zero-order chi connectivity index (χ0) is 30.2. The molecule has 0 aliphatic carbocycles. The molecule has 214 valence electrons. The maximum Gasteiger partial charge on any atom is 0.135 e. The Morgan fingerprint density at radius 3 is 1.22 bits per heavy atom. The van der Waals surface area contributed by atoms with E-state index in [9.17, 15) is 0 Å². The van der Waals surface area contributed by atoms with Crippen molar-refractivity contribution >= 4 is 54.3 Å². The number of hydrogen-bond acceptors (Lipinski definition) is 2. The average Bonchev–Trinajstić information content (AvgIpc) is 3.76. The second-order valence-electron chi connectivity index (χ2n) is 12.1. The van der Waals surface area contributed by atoms with Gasteiger partial charge in [0.15, 0.2) is 0 Å². The monoisotopic (exact) mass is 586 g/mol. The van der Waals surface area contributed by atoms with Crippen molar-refractivity contribution in [2.75, 3.05) is 0 Å². The van der Waals surface area contributed by atoms with E-state index >= 15 is 0 Å². The largest absolute Gasteiger partial charge is 0.456 e. The number of furan rings is 2. The number of benzene rings is 8. The zero-order valence-electron chi connectivity index (χ0n) is 24.8. The summed E-state index contributed by atoms with van der Waals surface area (Å²) in [4.78, 5) is 0. The first kappa shape index (κ1) is 25.2. The quantitative estimate of drug-likeness (QED) is 0.192. The van der Waals surface area contributed by atoms with E-state index in [2.05, 4.69) is 121 Å². The molecule has 2 heteroatoms. The van der Waals surface area contributed by atoms with Crippen molar-refractivity contribution in [2.45, 2.75) is 0 Å². The summed E-state index contributed by atoms with van der Waals surface area (Å²) in [7, 11) is 0. The van der Waals surface area contributed by atoms with Crippen LogP contribution in [0, 0.1) is 0 Å². The predicted molar refractivity (Wildman–Crippen MR) is 191 cm³/mol. The molecule has 2 aromatic heterocycles. The van der Waals surface area contributed by atoms with Gasteiger partial charge in [-0.05, 0) is 84.9 Å². The molecule has 0 spiro atoms. The zero-order valence-corrected chi connectivity index (χ0v) is 24.8. The van der Waals surface area contributed by atoms with Gasteiger partial charge >= 0.3 is 0 Å². The van der Waals surface area contributed by atoms with Gasteiger partial charge < -0.3 is 8.83 Å². The standard InChI is InChI=1S/C44H26O2/c1-3-10-39-33(6-1)24-41(45-39)29-16-12-27(13-17-29)37-26-38(36-23-21-32-9-5-8-31-20-22-35(37)44(36)43(31)32)28-14-18-30(19-15-28)42-25-34-7-2-4-11-40(34)46-42/h1-26H. The number of rotatable bonds is 4. The normalized spacial score (nSPS) is 11.9. The van der Waals surface area contributed by atoms with E-state index < -0.39 is 0 Å². The van der Waals surface area contributed by atoms with E-state index in [1.54, 1.807) is 0 Å². The summed E-state index contributed by atoms with van der Waals surface area (Å²) in [6, 6.07) is 56.2. The Labute approximate surface area is 265 Å². The average molecular weight is 587 g/mol. The maximum atomic E-state index is 6.18. The summed E-state index contributed by atoms with van der Waals surface area (Å²) >= 11 is 0. The summed E-state index contributed by atoms with van der Waals surface area (Å²) in [5, 5.41) is 9.91. The van der Waals surface area contributed by atoms with Gasteiger partial charge in [0.05, 0.1) is 0 Å². The molecule has 0 amide bonds. The highest BCUT2D eigenvalue weighted by atomic mass is 16.3. The highest BCUT2D eigenvalue weighted by molar-refractivity contribution is 6.28. The van der Waals surface area contributed by atoms with Crippen LogP contribution in [0.15, 0.2) is 167 Å². The van der Waals surface area contributed by atoms with Crippen LogP contribution < -0.4 is 0 Å². The third kappa shape index (κ3) is 3.84. The lowest BCUT2D eigenvalue weighted by Gasteiger charge is -2.18. The van der Waals surface area contributed by atoms with E-state index in [4.69, 9.17) is 8.83 Å². The topological polar surface area (TPSA) is 26.3 Å². The minimum absolute atomic E-state index is 0.883. The fraction of sp³-hybridized carbons (Fsp3) is 0. The van der Waals surface area contributed by atoms with Crippen molar-refractivity contribution in [3.8, 4) is 44.9 Å². The summed E-state index contributed by atoms with van der Waals surface area (Å²) in [5.74, 6) is 1.77. The molecule has 8 aromatic carbocycles. The molecular weight excluding hydrogens is 560 g/mol. The van der Waals surface area contributed by atoms with Crippen LogP contribution in [0.5, 0.6) is 0 Å². The second-order valence-corrected chi connectivity index (χ2v) is 12.1. The molecule has 0 N–H and O–H groups in total. The van der Waals surface area contributed by atoms with Gasteiger partial charge in [-0.1, -0.05) is 127 Å². The molecule has 46 heavy (non-hydrogen) atoms. The highest BCUT2D eigenvalue weighted by Crippen LogP contribution is 2.44. The molecule has 10 rings (SSSR count). The van der Waals surface area contributed by atoms with Gasteiger partial charge in [0.2, 0.25) is 0 Å². The van der Waals surface area contributed by atoms with Crippen molar-refractivity contribution in [2.24, 2.45) is 0 Å². The SMILES string of the molecule is c1ccc2oc(-c3ccc(-c4cc(-c5ccc(-c6cc7ccccc7o6)cc5)c5ccc6cccc7ccc4c5c76)cc3)cc2c1. The summed E-state index contributed by atoms with van der Waals surface area (Å²) in [6.45, 7) is 0. The third-order valence-corrected chi connectivity index (χ3v) is 9.46. The van der Waals surface area contributed by atoms with Gasteiger partial charge in [0, 0.05) is 21.9 Å². The molecule has 0 saturated carbocycles. The Hall–Kier alpha value is -6.12. The molecule has 2 heterocycles. The molecule has 0 fully saturated rings. The lowest BCUT2D eigenvalue weighted by atomic mass is 9.85. The van der Waals surface area contributed by atoms with Crippen molar-refractivity contribution < 1.29 is 8.83 Å². The van der Waals surface area contributed by atoms with Crippen LogP contribution in [-0.2, 0) is 0 Å². The molecule has 2 nitrogen and oxygen atoms in total. The van der Waals surface area contributed by atoms with Gasteiger partial charge in [-0.3, -0.25) is 0 Å². The predicted octanol–water partition coefficient (Wildman–Crippen LogP) is 12.7. The number of hydrogen-bond donors (Lipinski definition) is 0. The molecule has 0 bridgehead atoms. The summed E-state index contributed by atoms with van der Waals surface area (Å²) in [5.41, 5.74) is 8.75. The molecule has 0 aliphatic rings. The van der Waals surface area contributed by atoms with Crippen LogP contribution >= 0.6 is 0 Å². The lowest BCUT2D eigenvalue weighted by Crippen LogP contribution is -1.91. The first-order valence-electron chi connectivity index (χ1n) is 15.7. The minimum atomic E-state index is 0.883. The van der Waals surface area contributed by atoms with E-state index in [0.717, 1.165) is 44.6 Å². The molecular formula is C44H26O2. The smallest absolute Gasteiger partial charge is 0.135 e. The van der Waals surface area contributed by atoms with E-state index in [1.807, 2.05) is 36.4 Å². The minimum Gasteiger partial charge on any atom is -0.456 e. The van der Waals surface area contributed by atoms with Crippen LogP contribution in [0.1, 0.15) is 0 Å². The van der Waals surface area contributed by atoms with Crippen molar-refractivity contribution in [3.05, 3.63) is 158 Å². The van der Waals surface area contributed by atoms with Crippen molar-refractivity contribution in [3.63, 3.8) is 0 Å². The highest BCUT2D eigenvalue weighted by Gasteiger charge is 2.17. The number of fused-ring (bicyclic) bond motifs is 2. The Morgan fingerprint density at radius 2 is 0.739 bits per heavy atom. The van der Waals surface area contributed by atoms with Crippen molar-refractivity contribution in [1.29, 1.82) is 0 Å². The van der Waals surface area contributed by atoms with E-state index in [-0.39, 0.29) is 0 Å². The maximum absolute atomic E-state index is 6.18. The summed E-state index contributed by atoms with van der Waals surface area (Å²) in [6.07, 6.45) is 0. The Balaban J connectivity index is 1.15. The third-order valence-electron chi connectivity index (χ3n) is 9.46. The van der Waals surface area contributed by atoms with E-state index in [1.165, 1.54) is 54.6 Å². The second kappa shape index (κ2) is 9.69. The first-order chi connectivity index (χ1) is 22.8. The van der Waals surface area contributed by atoms with Crippen LogP contribution in [0.2, 0.25) is 0 Å². The van der Waals surface area contributed by atoms with E-state index in [0.29, 0.717) is 0 Å². The molecule has 10 aromatic rings. The first-order valence-corrected chi connectivity index (χ1v) is 15.7. The Bertz CT molecular complexity index is 2470. The van der Waals surface area contributed by atoms with Gasteiger partial charge in [-0.2, -0.15) is 0 Å². The molecule has 0 aliphatic heterocycles. The summed E-state index contributed by atoms with van der Waals surface area (Å²) < 4.78 is 12.4. The Morgan fingerprint density at radius 1 is 0.304 bits per heavy atom. The Kier molecular flexibility index (Phi) is 5.31. The number of para-hydroxylation sites is 2. The fourth-order valence-electron chi connectivity index (χ4n) is 7.19. The van der Waals surface area contributed by atoms with Gasteiger partial charge in [-0.25, -0.2) is 0 Å². The van der Waals surface area contributed by atoms with Crippen LogP contribution in [0.25, 0.3) is 99.2 Å². The lowest BCUT2D eigenvalue weighted by molar-refractivity contribution is 0.631. The van der Waals surface area contributed by atoms with Crippen molar-refractivity contribution in [1.82, 2.24) is 0 Å².